The summed E-state index contributed by atoms with van der Waals surface area (Å²) in [5.41, 5.74) is 3.69. The number of nitrogens with zero attached hydrogens (tertiary/aromatic N) is 5. The zero-order valence-corrected chi connectivity index (χ0v) is 23.1. The first-order chi connectivity index (χ1) is 19.3. The van der Waals surface area contributed by atoms with Crippen molar-refractivity contribution in [2.24, 2.45) is 0 Å². The van der Waals surface area contributed by atoms with Crippen molar-refractivity contribution in [1.82, 2.24) is 30.0 Å². The van der Waals surface area contributed by atoms with Gasteiger partial charge in [0.25, 0.3) is 0 Å². The Hall–Kier alpha value is -4.11. The number of aryl methyl sites for hydroxylation is 1. The second-order valence-corrected chi connectivity index (χ2v) is 10.9. The normalized spacial score (nSPS) is 20.1. The van der Waals surface area contributed by atoms with E-state index in [-0.39, 0.29) is 36.1 Å². The van der Waals surface area contributed by atoms with Gasteiger partial charge in [-0.15, -0.1) is 0 Å². The minimum atomic E-state index is -0.526. The van der Waals surface area contributed by atoms with Crippen LogP contribution in [0.25, 0.3) is 22.0 Å². The average Bonchev–Trinajstić information content (AvgIpc) is 3.35. The number of carbonyl (C=O) groups is 3. The number of likely N-dealkylation sites (tertiary alicyclic amines) is 1. The molecule has 4 aromatic rings. The summed E-state index contributed by atoms with van der Waals surface area (Å²) in [4.78, 5) is 49.3. The lowest BCUT2D eigenvalue weighted by Crippen LogP contribution is -2.47. The molecule has 2 aromatic heterocycles. The van der Waals surface area contributed by atoms with Crippen LogP contribution in [0.5, 0.6) is 0 Å². The Morgan fingerprint density at radius 1 is 1.07 bits per heavy atom. The van der Waals surface area contributed by atoms with Gasteiger partial charge in [0.15, 0.2) is 5.78 Å². The molecular formula is C30H29ClN6O3. The fraction of sp³-hybridized carbons (Fsp3) is 0.333. The van der Waals surface area contributed by atoms with Crippen LogP contribution in [0.3, 0.4) is 0 Å². The Balaban J connectivity index is 1.18. The highest BCUT2D eigenvalue weighted by Gasteiger charge is 2.43. The van der Waals surface area contributed by atoms with Crippen molar-refractivity contribution in [1.29, 1.82) is 0 Å². The number of hydrogen-bond donors (Lipinski definition) is 1. The van der Waals surface area contributed by atoms with E-state index >= 15 is 0 Å². The molecule has 2 aliphatic rings. The molecule has 6 rings (SSSR count). The van der Waals surface area contributed by atoms with Crippen LogP contribution in [-0.4, -0.2) is 60.9 Å². The van der Waals surface area contributed by atoms with E-state index in [4.69, 9.17) is 11.6 Å². The molecule has 1 N–H and O–H groups in total. The van der Waals surface area contributed by atoms with Gasteiger partial charge in [-0.25, -0.2) is 9.97 Å². The molecular weight excluding hydrogens is 528 g/mol. The summed E-state index contributed by atoms with van der Waals surface area (Å²) in [6.07, 6.45) is 5.67. The third-order valence-electron chi connectivity index (χ3n) is 7.78. The van der Waals surface area contributed by atoms with Crippen LogP contribution in [-0.2, 0) is 16.1 Å². The predicted molar refractivity (Wildman–Crippen MR) is 151 cm³/mol. The van der Waals surface area contributed by atoms with Crippen LogP contribution in [0, 0.1) is 6.92 Å². The average molecular weight is 557 g/mol. The molecule has 0 bridgehead atoms. The monoisotopic (exact) mass is 556 g/mol. The quantitative estimate of drug-likeness (QED) is 0.339. The number of hydrogen-bond acceptors (Lipinski definition) is 6. The minimum absolute atomic E-state index is 0.0197. The van der Waals surface area contributed by atoms with Crippen LogP contribution < -0.4 is 5.32 Å². The van der Waals surface area contributed by atoms with Gasteiger partial charge in [0.2, 0.25) is 11.8 Å². The molecule has 3 heterocycles. The molecule has 204 valence electrons. The zero-order valence-electron chi connectivity index (χ0n) is 22.3. The number of halogens is 1. The van der Waals surface area contributed by atoms with E-state index in [1.807, 2.05) is 49.4 Å². The third-order valence-corrected chi connectivity index (χ3v) is 8.13. The van der Waals surface area contributed by atoms with Gasteiger partial charge in [-0.2, -0.15) is 5.10 Å². The Morgan fingerprint density at radius 3 is 2.60 bits per heavy atom. The Kier molecular flexibility index (Phi) is 6.83. The molecule has 0 unspecified atom stereocenters. The Labute approximate surface area is 236 Å². The molecule has 40 heavy (non-hydrogen) atoms. The third kappa shape index (κ3) is 4.97. The van der Waals surface area contributed by atoms with Crippen molar-refractivity contribution in [2.75, 3.05) is 6.54 Å². The lowest BCUT2D eigenvalue weighted by atomic mass is 10.0. The number of carbonyl (C=O) groups excluding carboxylic acids is 3. The van der Waals surface area contributed by atoms with Gasteiger partial charge < -0.3 is 10.2 Å². The second-order valence-electron chi connectivity index (χ2n) is 10.5. The summed E-state index contributed by atoms with van der Waals surface area (Å²) >= 11 is 6.34. The molecule has 1 aliphatic carbocycles. The fourth-order valence-electron chi connectivity index (χ4n) is 5.59. The SMILES string of the molecule is CC(=O)c1nn(CC(=O)N2CCC[C@H]2C(=O)N[C@H]2C[C@@H]2c2ccccc2Cl)c2ccc(-c3cnc(C)nc3)cc12. The van der Waals surface area contributed by atoms with Crippen molar-refractivity contribution < 1.29 is 14.4 Å². The van der Waals surface area contributed by atoms with Crippen molar-refractivity contribution in [3.8, 4) is 11.1 Å². The highest BCUT2D eigenvalue weighted by molar-refractivity contribution is 6.31. The standard InChI is InChI=1S/C30H29ClN6O3/c1-17(38)29-23-12-19(20-14-32-18(2)33-15-20)9-10-26(23)37(35-29)16-28(39)36-11-5-8-27(36)30(40)34-25-13-22(25)21-6-3-4-7-24(21)31/h3-4,6-7,9-10,12,14-15,22,25,27H,5,8,11,13,16H2,1-2H3,(H,34,40)/t22-,25+,27+/m1/s1. The van der Waals surface area contributed by atoms with Crippen LogP contribution in [0.4, 0.5) is 0 Å². The van der Waals surface area contributed by atoms with Gasteiger partial charge in [0.05, 0.1) is 5.52 Å². The lowest BCUT2D eigenvalue weighted by Gasteiger charge is -2.24. The number of rotatable bonds is 7. The number of benzene rings is 2. The molecule has 1 saturated carbocycles. The number of nitrogens with one attached hydrogen (secondary N) is 1. The van der Waals surface area contributed by atoms with E-state index in [9.17, 15) is 14.4 Å². The maximum atomic E-state index is 13.5. The number of amides is 2. The van der Waals surface area contributed by atoms with Gasteiger partial charge in [0.1, 0.15) is 24.1 Å². The second kappa shape index (κ2) is 10.5. The lowest BCUT2D eigenvalue weighted by molar-refractivity contribution is -0.139. The van der Waals surface area contributed by atoms with Crippen LogP contribution in [0.2, 0.25) is 5.02 Å². The predicted octanol–water partition coefficient (Wildman–Crippen LogP) is 4.32. The number of fused-ring (bicyclic) bond motifs is 1. The first-order valence-corrected chi connectivity index (χ1v) is 13.8. The topological polar surface area (TPSA) is 110 Å². The summed E-state index contributed by atoms with van der Waals surface area (Å²) in [5.74, 6) is 0.341. The van der Waals surface area contributed by atoms with Crippen LogP contribution in [0.1, 0.15) is 54.0 Å². The van der Waals surface area contributed by atoms with Gasteiger partial charge in [-0.05, 0) is 55.5 Å². The molecule has 1 aliphatic heterocycles. The number of aromatic nitrogens is 4. The summed E-state index contributed by atoms with van der Waals surface area (Å²) in [5, 5.41) is 9.00. The Morgan fingerprint density at radius 2 is 1.85 bits per heavy atom. The zero-order chi connectivity index (χ0) is 28.0. The summed E-state index contributed by atoms with van der Waals surface area (Å²) in [7, 11) is 0. The molecule has 2 amide bonds. The van der Waals surface area contributed by atoms with E-state index in [0.29, 0.717) is 40.4 Å². The molecule has 2 fully saturated rings. The molecule has 9 nitrogen and oxygen atoms in total. The van der Waals surface area contributed by atoms with Crippen molar-refractivity contribution in [2.45, 2.75) is 57.7 Å². The first kappa shape index (κ1) is 26.1. The van der Waals surface area contributed by atoms with E-state index in [0.717, 1.165) is 29.5 Å². The van der Waals surface area contributed by atoms with Gasteiger partial charge >= 0.3 is 0 Å². The molecule has 2 aromatic carbocycles. The maximum Gasteiger partial charge on any atom is 0.245 e. The highest BCUT2D eigenvalue weighted by atomic mass is 35.5. The van der Waals surface area contributed by atoms with Gasteiger partial charge in [-0.1, -0.05) is 35.9 Å². The largest absolute Gasteiger partial charge is 0.351 e. The maximum absolute atomic E-state index is 13.5. The number of Topliss-reactive ketones (excluding diaryl/α,β-unsaturated/α-hetero) is 1. The summed E-state index contributed by atoms with van der Waals surface area (Å²) in [6.45, 7) is 3.72. The Bertz CT molecular complexity index is 1630. The van der Waals surface area contributed by atoms with Gasteiger partial charge in [0, 0.05) is 53.8 Å². The summed E-state index contributed by atoms with van der Waals surface area (Å²) in [6, 6.07) is 12.8. The molecule has 1 saturated heterocycles. The highest BCUT2D eigenvalue weighted by Crippen LogP contribution is 2.43. The van der Waals surface area contributed by atoms with Crippen LogP contribution >= 0.6 is 11.6 Å². The fourth-order valence-corrected chi connectivity index (χ4v) is 5.87. The first-order valence-electron chi connectivity index (χ1n) is 13.4. The van der Waals surface area contributed by atoms with Crippen molar-refractivity contribution in [3.63, 3.8) is 0 Å². The van der Waals surface area contributed by atoms with E-state index in [1.54, 1.807) is 22.0 Å². The smallest absolute Gasteiger partial charge is 0.245 e. The number of ketones is 1. The molecule has 10 heteroatoms. The molecule has 3 atom stereocenters. The van der Waals surface area contributed by atoms with Crippen molar-refractivity contribution >= 4 is 40.1 Å². The molecule has 0 radical (unpaired) electrons. The van der Waals surface area contributed by atoms with Crippen LogP contribution in [0.15, 0.2) is 54.9 Å². The van der Waals surface area contributed by atoms with E-state index in [1.165, 1.54) is 6.92 Å². The van der Waals surface area contributed by atoms with E-state index in [2.05, 4.69) is 20.4 Å². The summed E-state index contributed by atoms with van der Waals surface area (Å²) < 4.78 is 1.56. The van der Waals surface area contributed by atoms with Gasteiger partial charge in [-0.3, -0.25) is 19.1 Å². The minimum Gasteiger partial charge on any atom is -0.351 e. The van der Waals surface area contributed by atoms with Crippen molar-refractivity contribution in [3.05, 3.63) is 77.0 Å². The molecule has 0 spiro atoms. The van der Waals surface area contributed by atoms with E-state index < -0.39 is 6.04 Å².